The number of pyridine rings is 1. The maximum atomic E-state index is 11.6. The molecule has 1 aliphatic heterocycles. The van der Waals surface area contributed by atoms with Gasteiger partial charge in [0.2, 0.25) is 0 Å². The zero-order valence-electron chi connectivity index (χ0n) is 18.8. The van der Waals surface area contributed by atoms with E-state index in [0.29, 0.717) is 0 Å². The summed E-state index contributed by atoms with van der Waals surface area (Å²) in [5.41, 5.74) is 6.43. The lowest BCUT2D eigenvalue weighted by molar-refractivity contribution is 0.0697. The SMILES string of the molecule is CCCN1C(=S)N[C@@H](c2ccccn2)[C@H]1c1cc(C)n(-c2cc(C(=O)O)ccc2C)c1C. The smallest absolute Gasteiger partial charge is 0.335 e. The summed E-state index contributed by atoms with van der Waals surface area (Å²) in [4.78, 5) is 18.4. The van der Waals surface area contributed by atoms with Crippen molar-refractivity contribution >= 4 is 23.3 Å². The van der Waals surface area contributed by atoms with E-state index in [1.165, 1.54) is 5.56 Å². The first-order valence-electron chi connectivity index (χ1n) is 10.8. The zero-order chi connectivity index (χ0) is 23.0. The molecule has 4 rings (SSSR count). The van der Waals surface area contributed by atoms with E-state index in [1.807, 2.05) is 37.4 Å². The molecule has 0 amide bonds. The minimum Gasteiger partial charge on any atom is -0.478 e. The number of thiocarbonyl (C=S) groups is 1. The van der Waals surface area contributed by atoms with Crippen LogP contribution >= 0.6 is 12.2 Å². The fourth-order valence-corrected chi connectivity index (χ4v) is 5.00. The number of hydrogen-bond donors (Lipinski definition) is 2. The summed E-state index contributed by atoms with van der Waals surface area (Å²) < 4.78 is 2.15. The number of aromatic nitrogens is 2. The van der Waals surface area contributed by atoms with Crippen molar-refractivity contribution < 1.29 is 9.90 Å². The lowest BCUT2D eigenvalue weighted by Gasteiger charge is -2.28. The number of benzene rings is 1. The van der Waals surface area contributed by atoms with Crippen LogP contribution in [0.15, 0.2) is 48.7 Å². The molecule has 6 nitrogen and oxygen atoms in total. The number of carboxylic acid groups (broad SMARTS) is 1. The molecule has 0 unspecified atom stereocenters. The maximum Gasteiger partial charge on any atom is 0.335 e. The van der Waals surface area contributed by atoms with E-state index in [4.69, 9.17) is 12.2 Å². The molecule has 1 saturated heterocycles. The number of nitrogens with one attached hydrogen (secondary N) is 1. The van der Waals surface area contributed by atoms with E-state index in [-0.39, 0.29) is 17.6 Å². The Morgan fingerprint density at radius 2 is 1.97 bits per heavy atom. The van der Waals surface area contributed by atoms with Crippen molar-refractivity contribution in [3.8, 4) is 5.69 Å². The number of aryl methyl sites for hydroxylation is 2. The predicted octanol–water partition coefficient (Wildman–Crippen LogP) is 4.88. The van der Waals surface area contributed by atoms with Gasteiger partial charge in [0.1, 0.15) is 0 Å². The molecule has 0 bridgehead atoms. The highest BCUT2D eigenvalue weighted by molar-refractivity contribution is 7.80. The van der Waals surface area contributed by atoms with Gasteiger partial charge in [-0.05, 0) is 80.9 Å². The topological polar surface area (TPSA) is 70.4 Å². The number of nitrogens with zero attached hydrogens (tertiary/aromatic N) is 3. The highest BCUT2D eigenvalue weighted by Gasteiger charge is 2.41. The van der Waals surface area contributed by atoms with Gasteiger partial charge in [-0.2, -0.15) is 0 Å². The largest absolute Gasteiger partial charge is 0.478 e. The van der Waals surface area contributed by atoms with Crippen LogP contribution in [0.4, 0.5) is 0 Å². The van der Waals surface area contributed by atoms with Crippen LogP contribution in [0.25, 0.3) is 5.69 Å². The molecule has 1 fully saturated rings. The second kappa shape index (κ2) is 8.74. The van der Waals surface area contributed by atoms with Crippen LogP contribution in [0.5, 0.6) is 0 Å². The van der Waals surface area contributed by atoms with Crippen LogP contribution in [0.2, 0.25) is 0 Å². The Balaban J connectivity index is 1.86. The van der Waals surface area contributed by atoms with E-state index in [9.17, 15) is 9.90 Å². The summed E-state index contributed by atoms with van der Waals surface area (Å²) in [6, 6.07) is 13.3. The molecule has 1 aliphatic rings. The predicted molar refractivity (Wildman–Crippen MR) is 129 cm³/mol. The number of carbonyl (C=O) groups is 1. The van der Waals surface area contributed by atoms with E-state index >= 15 is 0 Å². The molecule has 3 aromatic rings. The molecule has 2 aromatic heterocycles. The van der Waals surface area contributed by atoms with Gasteiger partial charge in [0.05, 0.1) is 23.3 Å². The lowest BCUT2D eigenvalue weighted by atomic mass is 9.96. The normalized spacial score (nSPS) is 18.1. The quantitative estimate of drug-likeness (QED) is 0.524. The molecule has 0 aliphatic carbocycles. The molecule has 2 atom stereocenters. The van der Waals surface area contributed by atoms with E-state index in [1.54, 1.807) is 12.1 Å². The maximum absolute atomic E-state index is 11.6. The van der Waals surface area contributed by atoms with Crippen molar-refractivity contribution in [2.75, 3.05) is 6.54 Å². The molecule has 3 heterocycles. The van der Waals surface area contributed by atoms with Crippen molar-refractivity contribution in [3.63, 3.8) is 0 Å². The third-order valence-electron chi connectivity index (χ3n) is 6.15. The van der Waals surface area contributed by atoms with Crippen LogP contribution in [-0.4, -0.2) is 37.2 Å². The van der Waals surface area contributed by atoms with Crippen molar-refractivity contribution in [1.82, 2.24) is 19.8 Å². The lowest BCUT2D eigenvalue weighted by Crippen LogP contribution is -2.30. The van der Waals surface area contributed by atoms with Crippen LogP contribution < -0.4 is 5.32 Å². The zero-order valence-corrected chi connectivity index (χ0v) is 19.6. The van der Waals surface area contributed by atoms with Gasteiger partial charge >= 0.3 is 5.97 Å². The molecule has 7 heteroatoms. The number of rotatable bonds is 6. The van der Waals surface area contributed by atoms with Crippen molar-refractivity contribution in [2.45, 2.75) is 46.2 Å². The molecular weight excluding hydrogens is 420 g/mol. The average Bonchev–Trinajstić information content (AvgIpc) is 3.25. The van der Waals surface area contributed by atoms with Gasteiger partial charge in [-0.3, -0.25) is 4.98 Å². The Hall–Kier alpha value is -3.19. The molecule has 0 radical (unpaired) electrons. The number of aromatic carboxylic acids is 1. The van der Waals surface area contributed by atoms with Crippen molar-refractivity contribution in [3.05, 3.63) is 82.4 Å². The Bertz CT molecular complexity index is 1170. The summed E-state index contributed by atoms with van der Waals surface area (Å²) in [5.74, 6) is -0.927. The van der Waals surface area contributed by atoms with Crippen LogP contribution in [-0.2, 0) is 0 Å². The Morgan fingerprint density at radius 1 is 1.19 bits per heavy atom. The van der Waals surface area contributed by atoms with Crippen molar-refractivity contribution in [1.29, 1.82) is 0 Å². The Kier molecular flexibility index (Phi) is 6.02. The number of carboxylic acids is 1. The highest BCUT2D eigenvalue weighted by Crippen LogP contribution is 2.41. The van der Waals surface area contributed by atoms with Crippen LogP contribution in [0.1, 0.15) is 64.0 Å². The van der Waals surface area contributed by atoms with Gasteiger partial charge in [0.15, 0.2) is 5.11 Å². The fraction of sp³-hybridized carbons (Fsp3) is 0.320. The Labute approximate surface area is 193 Å². The summed E-state index contributed by atoms with van der Waals surface area (Å²) >= 11 is 5.72. The first-order chi connectivity index (χ1) is 15.3. The highest BCUT2D eigenvalue weighted by atomic mass is 32.1. The minimum atomic E-state index is -0.927. The van der Waals surface area contributed by atoms with Gasteiger partial charge in [-0.1, -0.05) is 19.1 Å². The number of hydrogen-bond acceptors (Lipinski definition) is 3. The second-order valence-electron chi connectivity index (χ2n) is 8.29. The van der Waals surface area contributed by atoms with E-state index in [0.717, 1.165) is 46.4 Å². The molecule has 166 valence electrons. The van der Waals surface area contributed by atoms with Gasteiger partial charge in [-0.15, -0.1) is 0 Å². The molecule has 32 heavy (non-hydrogen) atoms. The standard InChI is InChI=1S/C25H28N4O2S/c1-5-12-28-23(22(27-25(28)32)20-8-6-7-11-26-20)19-13-16(3)29(17(19)4)21-14-18(24(30)31)10-9-15(21)2/h6-11,13-14,22-23H,5,12H2,1-4H3,(H,27,32)(H,30,31)/t22-,23+/m0/s1. The van der Waals surface area contributed by atoms with Gasteiger partial charge in [0, 0.05) is 29.8 Å². The minimum absolute atomic E-state index is 0.000243. The van der Waals surface area contributed by atoms with Crippen LogP contribution in [0.3, 0.4) is 0 Å². The molecular formula is C25H28N4O2S. The van der Waals surface area contributed by atoms with Gasteiger partial charge in [0.25, 0.3) is 0 Å². The van der Waals surface area contributed by atoms with Crippen LogP contribution in [0, 0.1) is 20.8 Å². The average molecular weight is 449 g/mol. The summed E-state index contributed by atoms with van der Waals surface area (Å²) in [7, 11) is 0. The third-order valence-corrected chi connectivity index (χ3v) is 6.50. The van der Waals surface area contributed by atoms with E-state index in [2.05, 4.69) is 46.6 Å². The summed E-state index contributed by atoms with van der Waals surface area (Å²) in [6.07, 6.45) is 2.79. The Morgan fingerprint density at radius 3 is 2.62 bits per heavy atom. The van der Waals surface area contributed by atoms with Crippen molar-refractivity contribution in [2.24, 2.45) is 0 Å². The molecule has 1 aromatic carbocycles. The first-order valence-corrected chi connectivity index (χ1v) is 11.3. The fourth-order valence-electron chi connectivity index (χ4n) is 4.67. The monoisotopic (exact) mass is 448 g/mol. The summed E-state index contributed by atoms with van der Waals surface area (Å²) in [5, 5.41) is 13.7. The first kappa shape index (κ1) is 22.0. The molecule has 0 saturated carbocycles. The van der Waals surface area contributed by atoms with Gasteiger partial charge < -0.3 is 19.9 Å². The van der Waals surface area contributed by atoms with E-state index < -0.39 is 5.97 Å². The second-order valence-corrected chi connectivity index (χ2v) is 8.67. The molecule has 0 spiro atoms. The summed E-state index contributed by atoms with van der Waals surface area (Å²) in [6.45, 7) is 9.15. The molecule has 2 N–H and O–H groups in total. The third kappa shape index (κ3) is 3.77. The van der Waals surface area contributed by atoms with Gasteiger partial charge in [-0.25, -0.2) is 4.79 Å².